The normalized spacial score (nSPS) is 19.1. The Bertz CT molecular complexity index is 1340. The summed E-state index contributed by atoms with van der Waals surface area (Å²) in [6, 6.07) is -0.830. The fourth-order valence-corrected chi connectivity index (χ4v) is 10.4. The first-order chi connectivity index (χ1) is 37.3. The van der Waals surface area contributed by atoms with Crippen LogP contribution in [-0.2, 0) is 14.3 Å². The summed E-state index contributed by atoms with van der Waals surface area (Å²) < 4.78 is 11.3. The number of nitrogens with one attached hydrogen (secondary N) is 1. The second kappa shape index (κ2) is 56.4. The minimum Gasteiger partial charge on any atom is -0.394 e. The third-order valence-electron chi connectivity index (χ3n) is 15.6. The van der Waals surface area contributed by atoms with E-state index in [1.54, 1.807) is 6.08 Å². The van der Waals surface area contributed by atoms with Crippen LogP contribution in [0.3, 0.4) is 0 Å². The van der Waals surface area contributed by atoms with Crippen molar-refractivity contribution >= 4 is 5.91 Å². The zero-order chi connectivity index (χ0) is 55.0. The molecule has 446 valence electrons. The molecule has 0 spiro atoms. The molecular formula is C67H125NO8. The average Bonchev–Trinajstić information content (AvgIpc) is 3.42. The van der Waals surface area contributed by atoms with Gasteiger partial charge in [0.05, 0.1) is 25.4 Å². The molecule has 1 rings (SSSR count). The van der Waals surface area contributed by atoms with Crippen LogP contribution in [0.25, 0.3) is 0 Å². The van der Waals surface area contributed by atoms with Crippen LogP contribution in [0.2, 0.25) is 0 Å². The van der Waals surface area contributed by atoms with Gasteiger partial charge in [-0.2, -0.15) is 0 Å². The van der Waals surface area contributed by atoms with Crippen LogP contribution in [0.15, 0.2) is 48.6 Å². The first-order valence-electron chi connectivity index (χ1n) is 32.9. The van der Waals surface area contributed by atoms with Gasteiger partial charge >= 0.3 is 0 Å². The van der Waals surface area contributed by atoms with Crippen molar-refractivity contribution in [3.8, 4) is 0 Å². The number of hydrogen-bond acceptors (Lipinski definition) is 8. The molecular weight excluding hydrogens is 947 g/mol. The molecule has 1 heterocycles. The number of carbonyl (C=O) groups is 1. The average molecular weight is 1070 g/mol. The van der Waals surface area contributed by atoms with Gasteiger partial charge in [0, 0.05) is 6.42 Å². The number of unbranched alkanes of at least 4 members (excludes halogenated alkanes) is 41. The third kappa shape index (κ3) is 44.9. The second-order valence-corrected chi connectivity index (χ2v) is 22.9. The van der Waals surface area contributed by atoms with E-state index in [2.05, 4.69) is 55.6 Å². The Morgan fingerprint density at radius 2 is 0.750 bits per heavy atom. The number of rotatable bonds is 57. The van der Waals surface area contributed by atoms with E-state index in [1.807, 2.05) is 6.08 Å². The molecule has 9 heteroatoms. The molecule has 0 aromatic rings. The lowest BCUT2D eigenvalue weighted by atomic mass is 9.99. The van der Waals surface area contributed by atoms with Crippen LogP contribution >= 0.6 is 0 Å². The quantitative estimate of drug-likeness (QED) is 0.0261. The molecule has 0 aliphatic carbocycles. The summed E-state index contributed by atoms with van der Waals surface area (Å²) in [4.78, 5) is 13.1. The molecule has 1 amide bonds. The molecule has 7 unspecified atom stereocenters. The Kier molecular flexibility index (Phi) is 53.6. The highest BCUT2D eigenvalue weighted by Gasteiger charge is 2.44. The van der Waals surface area contributed by atoms with Crippen LogP contribution in [0.5, 0.6) is 0 Å². The first kappa shape index (κ1) is 72.2. The SMILES string of the molecule is CCCCCCCCCCCCCC/C=C\CCCCCCCCCCCCCCC(=O)NC(COC1OC(CO)C(O)C(O)C1O)C(O)/C=C/CC/C=C/CC/C=C/CCCCCCCCCCCCCCCCC. The van der Waals surface area contributed by atoms with Crippen molar-refractivity contribution < 1.29 is 39.8 Å². The Hall–Kier alpha value is -1.85. The molecule has 0 radical (unpaired) electrons. The third-order valence-corrected chi connectivity index (χ3v) is 15.6. The van der Waals surface area contributed by atoms with Gasteiger partial charge < -0.3 is 40.3 Å². The molecule has 0 saturated carbocycles. The molecule has 6 N–H and O–H groups in total. The molecule has 1 aliphatic rings. The van der Waals surface area contributed by atoms with Crippen molar-refractivity contribution in [1.29, 1.82) is 0 Å². The maximum absolute atomic E-state index is 13.1. The fourth-order valence-electron chi connectivity index (χ4n) is 10.4. The van der Waals surface area contributed by atoms with Crippen molar-refractivity contribution in [3.63, 3.8) is 0 Å². The van der Waals surface area contributed by atoms with E-state index in [1.165, 1.54) is 250 Å². The number of ether oxygens (including phenoxy) is 2. The highest BCUT2D eigenvalue weighted by Crippen LogP contribution is 2.23. The van der Waals surface area contributed by atoms with Gasteiger partial charge in [-0.3, -0.25) is 4.79 Å². The predicted molar refractivity (Wildman–Crippen MR) is 323 cm³/mol. The van der Waals surface area contributed by atoms with Gasteiger partial charge in [-0.15, -0.1) is 0 Å². The molecule has 0 aromatic carbocycles. The number of amides is 1. The zero-order valence-electron chi connectivity index (χ0n) is 49.8. The van der Waals surface area contributed by atoms with E-state index >= 15 is 0 Å². The van der Waals surface area contributed by atoms with Crippen LogP contribution < -0.4 is 5.32 Å². The number of carbonyl (C=O) groups excluding carboxylic acids is 1. The summed E-state index contributed by atoms with van der Waals surface area (Å²) in [7, 11) is 0. The van der Waals surface area contributed by atoms with Gasteiger partial charge in [0.25, 0.3) is 0 Å². The van der Waals surface area contributed by atoms with Crippen molar-refractivity contribution in [2.75, 3.05) is 13.2 Å². The van der Waals surface area contributed by atoms with Crippen molar-refractivity contribution in [3.05, 3.63) is 48.6 Å². The second-order valence-electron chi connectivity index (χ2n) is 22.9. The molecule has 76 heavy (non-hydrogen) atoms. The van der Waals surface area contributed by atoms with E-state index in [9.17, 15) is 30.3 Å². The topological polar surface area (TPSA) is 149 Å². The molecule has 1 saturated heterocycles. The van der Waals surface area contributed by atoms with E-state index in [-0.39, 0.29) is 12.5 Å². The highest BCUT2D eigenvalue weighted by atomic mass is 16.7. The van der Waals surface area contributed by atoms with Crippen LogP contribution in [0.4, 0.5) is 0 Å². The number of aliphatic hydroxyl groups is 5. The Morgan fingerprint density at radius 3 is 1.11 bits per heavy atom. The van der Waals surface area contributed by atoms with Crippen molar-refractivity contribution in [2.24, 2.45) is 0 Å². The lowest BCUT2D eigenvalue weighted by Crippen LogP contribution is -2.60. The van der Waals surface area contributed by atoms with E-state index in [0.717, 1.165) is 44.9 Å². The number of allylic oxidation sites excluding steroid dienone is 7. The largest absolute Gasteiger partial charge is 0.394 e. The standard InChI is InChI=1S/C67H125NO8/c1-3-5-7-9-11-13-15-17-19-21-23-25-27-29-30-31-33-35-37-39-41-43-45-47-49-51-53-55-57-63(71)68-60(59-75-67-66(74)65(73)64(72)62(58-69)76-67)61(70)56-54-52-50-48-46-44-42-40-38-36-34-32-28-26-24-22-20-18-16-14-12-10-8-6-4-2/h29-30,38,40,46,48,54,56,60-62,64-67,69-70,72-74H,3-28,31-37,39,41-45,47,49-53,55,57-59H2,1-2H3,(H,68,71)/b30-29-,40-38+,48-46+,56-54+. The van der Waals surface area contributed by atoms with Gasteiger partial charge in [0.1, 0.15) is 24.4 Å². The van der Waals surface area contributed by atoms with Crippen LogP contribution in [0.1, 0.15) is 316 Å². The molecule has 9 nitrogen and oxygen atoms in total. The minimum absolute atomic E-state index is 0.188. The van der Waals surface area contributed by atoms with Crippen molar-refractivity contribution in [1.82, 2.24) is 5.32 Å². The summed E-state index contributed by atoms with van der Waals surface area (Å²) in [6.45, 7) is 3.80. The summed E-state index contributed by atoms with van der Waals surface area (Å²) in [5, 5.41) is 54.6. The van der Waals surface area contributed by atoms with Gasteiger partial charge in [-0.1, -0.05) is 287 Å². The van der Waals surface area contributed by atoms with E-state index < -0.39 is 49.5 Å². The highest BCUT2D eigenvalue weighted by molar-refractivity contribution is 5.76. The molecule has 1 fully saturated rings. The number of hydrogen-bond donors (Lipinski definition) is 6. The molecule has 0 bridgehead atoms. The summed E-state index contributed by atoms with van der Waals surface area (Å²) in [6.07, 6.45) is 69.2. The maximum Gasteiger partial charge on any atom is 0.220 e. The Balaban J connectivity index is 2.20. The monoisotopic (exact) mass is 1070 g/mol. The lowest BCUT2D eigenvalue weighted by molar-refractivity contribution is -0.302. The number of aliphatic hydroxyl groups excluding tert-OH is 5. The molecule has 0 aromatic heterocycles. The van der Waals surface area contributed by atoms with Crippen LogP contribution in [-0.4, -0.2) is 87.5 Å². The van der Waals surface area contributed by atoms with Crippen molar-refractivity contribution in [2.45, 2.75) is 358 Å². The van der Waals surface area contributed by atoms with E-state index in [0.29, 0.717) is 6.42 Å². The summed E-state index contributed by atoms with van der Waals surface area (Å²) >= 11 is 0. The fraction of sp³-hybridized carbons (Fsp3) is 0.866. The lowest BCUT2D eigenvalue weighted by Gasteiger charge is -2.40. The van der Waals surface area contributed by atoms with Crippen LogP contribution in [0, 0.1) is 0 Å². The summed E-state index contributed by atoms with van der Waals surface area (Å²) in [5.74, 6) is -0.188. The van der Waals surface area contributed by atoms with E-state index in [4.69, 9.17) is 9.47 Å². The molecule has 1 aliphatic heterocycles. The zero-order valence-corrected chi connectivity index (χ0v) is 49.8. The first-order valence-corrected chi connectivity index (χ1v) is 32.9. The van der Waals surface area contributed by atoms with Gasteiger partial charge in [0.15, 0.2) is 6.29 Å². The van der Waals surface area contributed by atoms with Gasteiger partial charge in [-0.05, 0) is 70.6 Å². The Morgan fingerprint density at radius 1 is 0.434 bits per heavy atom. The minimum atomic E-state index is -1.58. The van der Waals surface area contributed by atoms with Gasteiger partial charge in [0.2, 0.25) is 5.91 Å². The maximum atomic E-state index is 13.1. The predicted octanol–water partition coefficient (Wildman–Crippen LogP) is 17.2. The molecule has 7 atom stereocenters. The Labute approximate surface area is 469 Å². The smallest absolute Gasteiger partial charge is 0.220 e. The van der Waals surface area contributed by atoms with Gasteiger partial charge in [-0.25, -0.2) is 0 Å². The summed E-state index contributed by atoms with van der Waals surface area (Å²) in [5.41, 5.74) is 0.